The van der Waals surface area contributed by atoms with Crippen molar-refractivity contribution in [2.24, 2.45) is 5.73 Å². The van der Waals surface area contributed by atoms with Gasteiger partial charge in [0.1, 0.15) is 23.5 Å². The summed E-state index contributed by atoms with van der Waals surface area (Å²) in [7, 11) is 0. The second-order valence-electron chi connectivity index (χ2n) is 8.03. The van der Waals surface area contributed by atoms with Crippen molar-refractivity contribution in [1.82, 2.24) is 10.3 Å². The van der Waals surface area contributed by atoms with Gasteiger partial charge in [-0.1, -0.05) is 0 Å². The Morgan fingerprint density at radius 3 is 2.58 bits per heavy atom. The zero-order chi connectivity index (χ0) is 23.8. The van der Waals surface area contributed by atoms with Crippen molar-refractivity contribution >= 4 is 10.8 Å². The van der Waals surface area contributed by atoms with Gasteiger partial charge in [-0.25, -0.2) is 8.78 Å². The minimum Gasteiger partial charge on any atom is -0.490 e. The summed E-state index contributed by atoms with van der Waals surface area (Å²) in [5.41, 5.74) is 4.94. The number of nitrogens with one attached hydrogen (secondary N) is 1. The van der Waals surface area contributed by atoms with Crippen LogP contribution in [0.3, 0.4) is 0 Å². The first-order chi connectivity index (χ1) is 15.7. The van der Waals surface area contributed by atoms with Crippen LogP contribution in [0, 0.1) is 11.6 Å². The standard InChI is InChI=1S/C23H22F5N3O2/c24-20-2-1-13(7-19(20)23(26,27)28)33-14-5-12(6-14)31-11-18-15-3-4-30-10-17(15)16(8-21(18)25)22(32)9-29/h1-4,7-8,10,12,14,22,31-32H,5-6,9,11,29H2/t12-,14-,22?. The van der Waals surface area contributed by atoms with Gasteiger partial charge >= 0.3 is 6.18 Å². The number of pyridine rings is 1. The number of nitrogens with zero attached hydrogens (tertiary/aromatic N) is 1. The van der Waals surface area contributed by atoms with Crippen molar-refractivity contribution < 1.29 is 31.8 Å². The van der Waals surface area contributed by atoms with Crippen molar-refractivity contribution in [3.63, 3.8) is 0 Å². The Kier molecular flexibility index (Phi) is 6.51. The molecule has 1 fully saturated rings. The van der Waals surface area contributed by atoms with Gasteiger partial charge in [-0.3, -0.25) is 4.98 Å². The fourth-order valence-electron chi connectivity index (χ4n) is 3.96. The minimum atomic E-state index is -4.80. The van der Waals surface area contributed by atoms with Crippen molar-refractivity contribution in [2.45, 2.75) is 43.8 Å². The van der Waals surface area contributed by atoms with Crippen molar-refractivity contribution in [2.75, 3.05) is 6.54 Å². The van der Waals surface area contributed by atoms with Gasteiger partial charge in [0.05, 0.1) is 11.7 Å². The predicted octanol–water partition coefficient (Wildman–Crippen LogP) is 4.22. The molecule has 1 heterocycles. The highest BCUT2D eigenvalue weighted by atomic mass is 19.4. The highest BCUT2D eigenvalue weighted by molar-refractivity contribution is 5.88. The first-order valence-corrected chi connectivity index (χ1v) is 10.4. The average Bonchev–Trinajstić information content (AvgIpc) is 2.75. The molecule has 176 valence electrons. The van der Waals surface area contributed by atoms with E-state index >= 15 is 0 Å². The molecular formula is C23H22F5N3O2. The Bertz CT molecular complexity index is 1150. The Morgan fingerprint density at radius 2 is 1.88 bits per heavy atom. The van der Waals surface area contributed by atoms with E-state index < -0.39 is 29.5 Å². The fraction of sp³-hybridized carbons (Fsp3) is 0.348. The monoisotopic (exact) mass is 467 g/mol. The lowest BCUT2D eigenvalue weighted by Gasteiger charge is -2.36. The second-order valence-corrected chi connectivity index (χ2v) is 8.03. The molecule has 0 aliphatic heterocycles. The summed E-state index contributed by atoms with van der Waals surface area (Å²) in [4.78, 5) is 4.05. The fourth-order valence-corrected chi connectivity index (χ4v) is 3.96. The van der Waals surface area contributed by atoms with Gasteiger partial charge in [0.2, 0.25) is 0 Å². The molecule has 5 nitrogen and oxygen atoms in total. The van der Waals surface area contributed by atoms with Gasteiger partial charge in [-0.2, -0.15) is 13.2 Å². The second kappa shape index (κ2) is 9.20. The van der Waals surface area contributed by atoms with E-state index in [0.717, 1.165) is 12.1 Å². The molecule has 1 aliphatic carbocycles. The Hall–Kier alpha value is -2.82. The van der Waals surface area contributed by atoms with Gasteiger partial charge in [0.15, 0.2) is 0 Å². The topological polar surface area (TPSA) is 80.4 Å². The number of aliphatic hydroxyl groups excluding tert-OH is 1. The van der Waals surface area contributed by atoms with Gasteiger partial charge in [0, 0.05) is 42.5 Å². The number of fused-ring (bicyclic) bond motifs is 1. The largest absolute Gasteiger partial charge is 0.490 e. The lowest BCUT2D eigenvalue weighted by Crippen LogP contribution is -2.46. The van der Waals surface area contributed by atoms with E-state index in [2.05, 4.69) is 10.3 Å². The van der Waals surface area contributed by atoms with Crippen LogP contribution in [-0.4, -0.2) is 28.8 Å². The van der Waals surface area contributed by atoms with Crippen LogP contribution in [0.25, 0.3) is 10.8 Å². The number of benzene rings is 2. The van der Waals surface area contributed by atoms with E-state index in [1.165, 1.54) is 12.3 Å². The Morgan fingerprint density at radius 1 is 1.12 bits per heavy atom. The van der Waals surface area contributed by atoms with Crippen molar-refractivity contribution in [3.05, 3.63) is 71.1 Å². The smallest absolute Gasteiger partial charge is 0.419 e. The van der Waals surface area contributed by atoms with E-state index in [0.29, 0.717) is 40.8 Å². The van der Waals surface area contributed by atoms with Gasteiger partial charge in [-0.05, 0) is 54.1 Å². The SMILES string of the molecule is NCC(O)c1cc(F)c(CN[C@H]2C[C@H](Oc3ccc(F)c(C(F)(F)F)c3)C2)c2ccncc12. The summed E-state index contributed by atoms with van der Waals surface area (Å²) < 4.78 is 72.4. The Balaban J connectivity index is 1.39. The molecule has 0 radical (unpaired) electrons. The van der Waals surface area contributed by atoms with Gasteiger partial charge < -0.3 is 20.9 Å². The van der Waals surface area contributed by atoms with E-state index in [9.17, 15) is 27.1 Å². The van der Waals surface area contributed by atoms with Crippen LogP contribution < -0.4 is 15.8 Å². The normalized spacial score (nSPS) is 19.4. The van der Waals surface area contributed by atoms with Crippen LogP contribution in [0.5, 0.6) is 5.75 Å². The zero-order valence-electron chi connectivity index (χ0n) is 17.4. The third-order valence-corrected chi connectivity index (χ3v) is 5.82. The van der Waals surface area contributed by atoms with Crippen LogP contribution in [-0.2, 0) is 12.7 Å². The molecule has 1 aromatic heterocycles. The summed E-state index contributed by atoms with van der Waals surface area (Å²) >= 11 is 0. The summed E-state index contributed by atoms with van der Waals surface area (Å²) in [6.45, 7) is 0.153. The number of aromatic nitrogens is 1. The number of halogens is 5. The number of rotatable bonds is 7. The van der Waals surface area contributed by atoms with Gasteiger partial charge in [-0.15, -0.1) is 0 Å². The van der Waals surface area contributed by atoms with Crippen LogP contribution >= 0.6 is 0 Å². The van der Waals surface area contributed by atoms with Crippen molar-refractivity contribution in [1.29, 1.82) is 0 Å². The minimum absolute atomic E-state index is 0.0249. The number of alkyl halides is 3. The van der Waals surface area contributed by atoms with E-state index in [1.807, 2.05) is 0 Å². The van der Waals surface area contributed by atoms with Crippen LogP contribution in [0.1, 0.15) is 35.6 Å². The molecule has 1 atom stereocenters. The molecular weight excluding hydrogens is 445 g/mol. The van der Waals surface area contributed by atoms with Crippen LogP contribution in [0.4, 0.5) is 22.0 Å². The number of nitrogens with two attached hydrogens (primary N) is 1. The van der Waals surface area contributed by atoms with Crippen molar-refractivity contribution in [3.8, 4) is 5.75 Å². The first kappa shape index (κ1) is 23.3. The maximum atomic E-state index is 14.8. The quantitative estimate of drug-likeness (QED) is 0.454. The Labute approximate surface area is 186 Å². The highest BCUT2D eigenvalue weighted by Gasteiger charge is 2.36. The number of hydrogen-bond donors (Lipinski definition) is 3. The predicted molar refractivity (Wildman–Crippen MR) is 111 cm³/mol. The third-order valence-electron chi connectivity index (χ3n) is 5.82. The van der Waals surface area contributed by atoms with E-state index in [-0.39, 0.29) is 31.0 Å². The van der Waals surface area contributed by atoms with E-state index in [1.54, 1.807) is 12.3 Å². The average molecular weight is 467 g/mol. The maximum Gasteiger partial charge on any atom is 0.419 e. The summed E-state index contributed by atoms with van der Waals surface area (Å²) in [6.07, 6.45) is -2.05. The molecule has 10 heteroatoms. The zero-order valence-corrected chi connectivity index (χ0v) is 17.4. The van der Waals surface area contributed by atoms with Crippen LogP contribution in [0.15, 0.2) is 42.7 Å². The molecule has 4 N–H and O–H groups in total. The molecule has 1 aliphatic rings. The molecule has 1 saturated carbocycles. The molecule has 33 heavy (non-hydrogen) atoms. The molecule has 0 spiro atoms. The molecule has 0 bridgehead atoms. The summed E-state index contributed by atoms with van der Waals surface area (Å²) in [5.74, 6) is -1.88. The molecule has 0 amide bonds. The highest BCUT2D eigenvalue weighted by Crippen LogP contribution is 2.35. The number of hydrogen-bond acceptors (Lipinski definition) is 5. The molecule has 3 aromatic rings. The lowest BCUT2D eigenvalue weighted by atomic mass is 9.88. The maximum absolute atomic E-state index is 14.8. The first-order valence-electron chi connectivity index (χ1n) is 10.4. The lowest BCUT2D eigenvalue weighted by molar-refractivity contribution is -0.140. The van der Waals surface area contributed by atoms with Gasteiger partial charge in [0.25, 0.3) is 0 Å². The summed E-state index contributed by atoms with van der Waals surface area (Å²) in [6, 6.07) is 5.46. The molecule has 2 aromatic carbocycles. The molecule has 0 saturated heterocycles. The van der Waals surface area contributed by atoms with Crippen LogP contribution in [0.2, 0.25) is 0 Å². The molecule has 1 unspecified atom stereocenters. The molecule has 4 rings (SSSR count). The number of aliphatic hydroxyl groups is 1. The summed E-state index contributed by atoms with van der Waals surface area (Å²) in [5, 5.41) is 14.5. The number of ether oxygens (including phenoxy) is 1. The third kappa shape index (κ3) is 4.92. The van der Waals surface area contributed by atoms with E-state index in [4.69, 9.17) is 10.5 Å².